The zero-order chi connectivity index (χ0) is 19.6. The minimum Gasteiger partial charge on any atom is -0.454 e. The van der Waals surface area contributed by atoms with Gasteiger partial charge in [-0.1, -0.05) is 0 Å². The van der Waals surface area contributed by atoms with E-state index in [1.807, 2.05) is 0 Å². The van der Waals surface area contributed by atoms with Gasteiger partial charge in [-0.15, -0.1) is 0 Å². The molecule has 0 saturated carbocycles. The standard InChI is InChI=1S/C17H16F2N2O5S/c1-27(23,24)21(14-4-3-12(18)9-13(14)19)7-6-20-17(22)11-2-5-15-16(8-11)26-10-25-15/h2-5,8-9H,6-7,10H2,1H3,(H,20,22). The maximum atomic E-state index is 13.9. The van der Waals surface area contributed by atoms with Crippen molar-refractivity contribution >= 4 is 21.6 Å². The van der Waals surface area contributed by atoms with E-state index in [1.165, 1.54) is 12.1 Å². The highest BCUT2D eigenvalue weighted by Gasteiger charge is 2.22. The normalized spacial score (nSPS) is 12.7. The number of rotatable bonds is 6. The van der Waals surface area contributed by atoms with Gasteiger partial charge in [-0.05, 0) is 30.3 Å². The zero-order valence-electron chi connectivity index (χ0n) is 14.2. The van der Waals surface area contributed by atoms with Crippen molar-refractivity contribution in [3.05, 3.63) is 53.6 Å². The molecule has 1 aliphatic rings. The lowest BCUT2D eigenvalue weighted by Gasteiger charge is -2.23. The lowest BCUT2D eigenvalue weighted by Crippen LogP contribution is -2.38. The van der Waals surface area contributed by atoms with Crippen LogP contribution in [0.5, 0.6) is 11.5 Å². The maximum absolute atomic E-state index is 13.9. The van der Waals surface area contributed by atoms with Crippen molar-refractivity contribution in [1.82, 2.24) is 5.32 Å². The summed E-state index contributed by atoms with van der Waals surface area (Å²) < 4.78 is 62.1. The fourth-order valence-electron chi connectivity index (χ4n) is 2.56. The van der Waals surface area contributed by atoms with Crippen LogP contribution in [0.15, 0.2) is 36.4 Å². The number of benzene rings is 2. The molecular formula is C17H16F2N2O5S. The van der Waals surface area contributed by atoms with E-state index in [0.717, 1.165) is 22.7 Å². The number of fused-ring (bicyclic) bond motifs is 1. The fraction of sp³-hybridized carbons (Fsp3) is 0.235. The summed E-state index contributed by atoms with van der Waals surface area (Å²) in [4.78, 5) is 12.2. The van der Waals surface area contributed by atoms with Gasteiger partial charge in [0.15, 0.2) is 11.5 Å². The molecule has 0 saturated heterocycles. The Morgan fingerprint density at radius 1 is 1.15 bits per heavy atom. The number of nitrogens with zero attached hydrogens (tertiary/aromatic N) is 1. The molecule has 10 heteroatoms. The van der Waals surface area contributed by atoms with E-state index in [9.17, 15) is 22.0 Å². The van der Waals surface area contributed by atoms with E-state index in [0.29, 0.717) is 23.1 Å². The number of nitrogens with one attached hydrogen (secondary N) is 1. The van der Waals surface area contributed by atoms with Crippen molar-refractivity contribution in [1.29, 1.82) is 0 Å². The second-order valence-electron chi connectivity index (χ2n) is 5.75. The summed E-state index contributed by atoms with van der Waals surface area (Å²) >= 11 is 0. The van der Waals surface area contributed by atoms with E-state index < -0.39 is 27.6 Å². The number of hydrogen-bond acceptors (Lipinski definition) is 5. The Bertz CT molecular complexity index is 981. The lowest BCUT2D eigenvalue weighted by atomic mass is 10.2. The molecule has 0 radical (unpaired) electrons. The molecule has 0 unspecified atom stereocenters. The van der Waals surface area contributed by atoms with Crippen molar-refractivity contribution in [2.24, 2.45) is 0 Å². The molecule has 2 aromatic carbocycles. The van der Waals surface area contributed by atoms with Crippen LogP contribution in [0.1, 0.15) is 10.4 Å². The third-order valence-corrected chi connectivity index (χ3v) is 4.99. The maximum Gasteiger partial charge on any atom is 0.251 e. The highest BCUT2D eigenvalue weighted by atomic mass is 32.2. The number of halogens is 2. The smallest absolute Gasteiger partial charge is 0.251 e. The van der Waals surface area contributed by atoms with Crippen LogP contribution < -0.4 is 19.1 Å². The molecular weight excluding hydrogens is 382 g/mol. The molecule has 7 nitrogen and oxygen atoms in total. The van der Waals surface area contributed by atoms with Crippen LogP contribution in [0.25, 0.3) is 0 Å². The average molecular weight is 398 g/mol. The highest BCUT2D eigenvalue weighted by molar-refractivity contribution is 7.92. The van der Waals surface area contributed by atoms with Crippen molar-refractivity contribution in [2.45, 2.75) is 0 Å². The van der Waals surface area contributed by atoms with Gasteiger partial charge in [-0.3, -0.25) is 9.10 Å². The van der Waals surface area contributed by atoms with Crippen molar-refractivity contribution in [2.75, 3.05) is 30.4 Å². The van der Waals surface area contributed by atoms with E-state index in [4.69, 9.17) is 9.47 Å². The van der Waals surface area contributed by atoms with Crippen molar-refractivity contribution < 1.29 is 31.5 Å². The molecule has 0 atom stereocenters. The summed E-state index contributed by atoms with van der Waals surface area (Å²) in [6.07, 6.45) is 0.898. The van der Waals surface area contributed by atoms with Gasteiger partial charge in [0, 0.05) is 18.2 Å². The van der Waals surface area contributed by atoms with Crippen molar-refractivity contribution in [3.63, 3.8) is 0 Å². The van der Waals surface area contributed by atoms with Gasteiger partial charge < -0.3 is 14.8 Å². The fourth-order valence-corrected chi connectivity index (χ4v) is 3.49. The third kappa shape index (κ3) is 4.27. The number of sulfonamides is 1. The Hall–Kier alpha value is -2.88. The summed E-state index contributed by atoms with van der Waals surface area (Å²) in [6.45, 7) is -0.234. The van der Waals surface area contributed by atoms with Gasteiger partial charge in [0.2, 0.25) is 16.8 Å². The largest absolute Gasteiger partial charge is 0.454 e. The zero-order valence-corrected chi connectivity index (χ0v) is 15.1. The molecule has 1 amide bonds. The molecule has 1 aliphatic heterocycles. The molecule has 27 heavy (non-hydrogen) atoms. The first kappa shape index (κ1) is 18.9. The number of ether oxygens (including phenoxy) is 2. The van der Waals surface area contributed by atoms with Crippen LogP contribution in [-0.2, 0) is 10.0 Å². The topological polar surface area (TPSA) is 84.9 Å². The Kier molecular flexibility index (Phi) is 5.17. The van der Waals surface area contributed by atoms with Gasteiger partial charge >= 0.3 is 0 Å². The number of hydrogen-bond donors (Lipinski definition) is 1. The summed E-state index contributed by atoms with van der Waals surface area (Å²) in [5, 5.41) is 2.56. The SMILES string of the molecule is CS(=O)(=O)N(CCNC(=O)c1ccc2c(c1)OCO2)c1ccc(F)cc1F. The predicted octanol–water partition coefficient (Wildman–Crippen LogP) is 1.89. The molecule has 0 aliphatic carbocycles. The van der Waals surface area contributed by atoms with Gasteiger partial charge in [0.05, 0.1) is 18.5 Å². The Morgan fingerprint density at radius 2 is 1.89 bits per heavy atom. The van der Waals surface area contributed by atoms with Crippen LogP contribution in [0.3, 0.4) is 0 Å². The Morgan fingerprint density at radius 3 is 2.59 bits per heavy atom. The van der Waals surface area contributed by atoms with E-state index >= 15 is 0 Å². The molecule has 0 bridgehead atoms. The Balaban J connectivity index is 1.68. The first-order valence-electron chi connectivity index (χ1n) is 7.86. The van der Waals surface area contributed by atoms with Crippen molar-refractivity contribution in [3.8, 4) is 11.5 Å². The molecule has 0 aromatic heterocycles. The quantitative estimate of drug-likeness (QED) is 0.803. The summed E-state index contributed by atoms with van der Waals surface area (Å²) in [7, 11) is -3.84. The molecule has 144 valence electrons. The molecule has 2 aromatic rings. The van der Waals surface area contributed by atoms with Crippen LogP contribution in [0.2, 0.25) is 0 Å². The van der Waals surface area contributed by atoms with E-state index in [2.05, 4.69) is 5.32 Å². The molecule has 0 fully saturated rings. The van der Waals surface area contributed by atoms with E-state index in [-0.39, 0.29) is 25.6 Å². The molecule has 3 rings (SSSR count). The number of carbonyl (C=O) groups is 1. The minimum absolute atomic E-state index is 0.0763. The number of amides is 1. The molecule has 1 heterocycles. The molecule has 0 spiro atoms. The first-order valence-corrected chi connectivity index (χ1v) is 9.71. The van der Waals surface area contributed by atoms with Crippen LogP contribution in [-0.4, -0.2) is 40.5 Å². The second kappa shape index (κ2) is 7.39. The van der Waals surface area contributed by atoms with Gasteiger partial charge in [-0.25, -0.2) is 17.2 Å². The van der Waals surface area contributed by atoms with Gasteiger partial charge in [0.25, 0.3) is 5.91 Å². The van der Waals surface area contributed by atoms with Gasteiger partial charge in [-0.2, -0.15) is 0 Å². The monoisotopic (exact) mass is 398 g/mol. The van der Waals surface area contributed by atoms with E-state index in [1.54, 1.807) is 6.07 Å². The summed E-state index contributed by atoms with van der Waals surface area (Å²) in [6, 6.07) is 7.22. The number of carbonyl (C=O) groups excluding carboxylic acids is 1. The van der Waals surface area contributed by atoms with Crippen LogP contribution >= 0.6 is 0 Å². The highest BCUT2D eigenvalue weighted by Crippen LogP contribution is 2.32. The lowest BCUT2D eigenvalue weighted by molar-refractivity contribution is 0.0954. The minimum atomic E-state index is -3.84. The van der Waals surface area contributed by atoms with Crippen LogP contribution in [0.4, 0.5) is 14.5 Å². The average Bonchev–Trinajstić information content (AvgIpc) is 3.06. The third-order valence-electron chi connectivity index (χ3n) is 3.81. The molecule has 1 N–H and O–H groups in total. The first-order chi connectivity index (χ1) is 12.8. The van der Waals surface area contributed by atoms with Crippen LogP contribution in [0, 0.1) is 11.6 Å². The van der Waals surface area contributed by atoms with Gasteiger partial charge in [0.1, 0.15) is 11.6 Å². The number of anilines is 1. The Labute approximate surface area is 154 Å². The predicted molar refractivity (Wildman–Crippen MR) is 93.4 cm³/mol. The summed E-state index contributed by atoms with van der Waals surface area (Å²) in [5.74, 6) is -1.32. The second-order valence-corrected chi connectivity index (χ2v) is 7.66. The summed E-state index contributed by atoms with van der Waals surface area (Å²) in [5.41, 5.74) is 0.00865.